The third-order valence-corrected chi connectivity index (χ3v) is 6.86. The summed E-state index contributed by atoms with van der Waals surface area (Å²) >= 11 is 6.45. The molecule has 6 N–H and O–H groups in total. The summed E-state index contributed by atoms with van der Waals surface area (Å²) in [6.07, 6.45) is 2.76. The Kier molecular flexibility index (Phi) is 9.42. The smallest absolute Gasteiger partial charge is 0.258 e. The van der Waals surface area contributed by atoms with E-state index in [-0.39, 0.29) is 23.3 Å². The number of rotatable bonds is 9. The predicted molar refractivity (Wildman–Crippen MR) is 162 cm³/mol. The quantitative estimate of drug-likeness (QED) is 0.154. The molecule has 1 fully saturated rings. The van der Waals surface area contributed by atoms with Crippen LogP contribution in [0.5, 0.6) is 0 Å². The van der Waals surface area contributed by atoms with Crippen LogP contribution in [0, 0.1) is 5.41 Å². The van der Waals surface area contributed by atoms with Crippen LogP contribution in [0.4, 0.5) is 28.4 Å². The van der Waals surface area contributed by atoms with E-state index >= 15 is 0 Å². The topological polar surface area (TPSA) is 130 Å². The lowest BCUT2D eigenvalue weighted by Gasteiger charge is -2.31. The maximum absolute atomic E-state index is 12.7. The van der Waals surface area contributed by atoms with E-state index in [0.717, 1.165) is 37.3 Å². The number of nitrogens with one attached hydrogen (secondary N) is 5. The third-order valence-electron chi connectivity index (χ3n) is 6.55. The highest BCUT2D eigenvalue weighted by Gasteiger charge is 2.18. The molecule has 1 heterocycles. The van der Waals surface area contributed by atoms with E-state index in [1.54, 1.807) is 44.3 Å². The third kappa shape index (κ3) is 7.40. The maximum Gasteiger partial charge on any atom is 0.258 e. The summed E-state index contributed by atoms with van der Waals surface area (Å²) in [6.45, 7) is 3.15. The van der Waals surface area contributed by atoms with E-state index in [0.29, 0.717) is 27.6 Å². The average molecular weight is 561 g/mol. The molecule has 0 aromatic heterocycles. The highest BCUT2D eigenvalue weighted by atomic mass is 35.5. The van der Waals surface area contributed by atoms with Gasteiger partial charge in [-0.1, -0.05) is 11.6 Å². The number of halogens is 1. The average Bonchev–Trinajstić information content (AvgIpc) is 2.94. The largest absolute Gasteiger partial charge is 0.393 e. The van der Waals surface area contributed by atoms with E-state index in [1.165, 1.54) is 6.20 Å². The lowest BCUT2D eigenvalue weighted by atomic mass is 10.1. The van der Waals surface area contributed by atoms with E-state index in [4.69, 9.17) is 17.0 Å². The van der Waals surface area contributed by atoms with E-state index in [9.17, 15) is 14.7 Å². The number of anilines is 5. The van der Waals surface area contributed by atoms with Gasteiger partial charge in [0.2, 0.25) is 0 Å². The number of nitrogens with zero attached hydrogens (tertiary/aromatic N) is 1. The molecule has 3 aromatic carbocycles. The van der Waals surface area contributed by atoms with Crippen molar-refractivity contribution in [1.82, 2.24) is 5.32 Å². The molecule has 4 rings (SSSR count). The second kappa shape index (κ2) is 13.1. The fourth-order valence-corrected chi connectivity index (χ4v) is 4.55. The molecule has 0 spiro atoms. The minimum atomic E-state index is -0.407. The van der Waals surface area contributed by atoms with Crippen LogP contribution in [0.2, 0.25) is 5.02 Å². The number of hydrogen-bond donors (Lipinski definition) is 6. The number of hydrogen-bond acceptors (Lipinski definition) is 7. The highest BCUT2D eigenvalue weighted by molar-refractivity contribution is 6.34. The van der Waals surface area contributed by atoms with Crippen molar-refractivity contribution in [3.05, 3.63) is 89.1 Å². The zero-order chi connectivity index (χ0) is 28.6. The maximum atomic E-state index is 12.7. The van der Waals surface area contributed by atoms with Gasteiger partial charge in [0.25, 0.3) is 11.8 Å². The van der Waals surface area contributed by atoms with Gasteiger partial charge in [0, 0.05) is 60.4 Å². The Balaban J connectivity index is 1.33. The standard InChI is InChI=1S/C30H33ClN6O3/c1-19(32)26(18-33-2)30(40)36-23-9-12-28(27(31)17-23)34-21-5-7-22(8-6-21)35-29(39)20-3-10-24(11-4-20)37-15-13-25(38)14-16-37/h3-12,17-18,25,32-34,38H,13-16H2,1-2H3,(H,35,39)(H,36,40)/b26-18+,32-19?. The molecule has 0 bridgehead atoms. The van der Waals surface area contributed by atoms with Gasteiger partial charge < -0.3 is 36.7 Å². The molecule has 40 heavy (non-hydrogen) atoms. The molecule has 9 nitrogen and oxygen atoms in total. The number of amides is 2. The summed E-state index contributed by atoms with van der Waals surface area (Å²) in [5.41, 5.74) is 4.55. The summed E-state index contributed by atoms with van der Waals surface area (Å²) in [5, 5.41) is 29.5. The van der Waals surface area contributed by atoms with Gasteiger partial charge in [-0.2, -0.15) is 0 Å². The minimum absolute atomic E-state index is 0.142. The molecule has 10 heteroatoms. The van der Waals surface area contributed by atoms with E-state index in [2.05, 4.69) is 26.2 Å². The molecule has 1 aliphatic rings. The van der Waals surface area contributed by atoms with Crippen LogP contribution < -0.4 is 26.2 Å². The van der Waals surface area contributed by atoms with Gasteiger partial charge in [-0.15, -0.1) is 0 Å². The number of piperidine rings is 1. The van der Waals surface area contributed by atoms with Gasteiger partial charge >= 0.3 is 0 Å². The number of carbonyl (C=O) groups is 2. The van der Waals surface area contributed by atoms with Crippen molar-refractivity contribution >= 4 is 57.6 Å². The van der Waals surface area contributed by atoms with Gasteiger partial charge in [-0.05, 0) is 86.5 Å². The first-order valence-electron chi connectivity index (χ1n) is 13.0. The normalized spacial score (nSPS) is 13.9. The molecule has 0 radical (unpaired) electrons. The molecule has 0 aliphatic carbocycles. The first-order chi connectivity index (χ1) is 19.2. The van der Waals surface area contributed by atoms with Crippen molar-refractivity contribution < 1.29 is 14.7 Å². The summed E-state index contributed by atoms with van der Waals surface area (Å²) < 4.78 is 0. The Labute approximate surface area is 238 Å². The Morgan fingerprint density at radius 3 is 2.17 bits per heavy atom. The molecule has 2 amide bonds. The lowest BCUT2D eigenvalue weighted by molar-refractivity contribution is -0.112. The highest BCUT2D eigenvalue weighted by Crippen LogP contribution is 2.29. The Morgan fingerprint density at radius 2 is 1.57 bits per heavy atom. The van der Waals surface area contributed by atoms with Gasteiger partial charge in [0.05, 0.1) is 22.4 Å². The second-order valence-electron chi connectivity index (χ2n) is 9.54. The molecule has 1 saturated heterocycles. The molecule has 1 aliphatic heterocycles. The first-order valence-corrected chi connectivity index (χ1v) is 13.4. The molecule has 0 saturated carbocycles. The van der Waals surface area contributed by atoms with E-state index in [1.807, 2.05) is 36.4 Å². The Morgan fingerprint density at radius 1 is 0.950 bits per heavy atom. The van der Waals surface area contributed by atoms with Gasteiger partial charge in [-0.25, -0.2) is 0 Å². The lowest BCUT2D eigenvalue weighted by Crippen LogP contribution is -2.35. The Hall–Kier alpha value is -4.34. The SMILES string of the molecule is CN/C=C(\C(C)=N)C(=O)Nc1ccc(Nc2ccc(NC(=O)c3ccc(N4CCC(O)CC4)cc3)cc2)c(Cl)c1. The van der Waals surface area contributed by atoms with Crippen LogP contribution in [0.15, 0.2) is 78.5 Å². The van der Waals surface area contributed by atoms with Crippen molar-refractivity contribution in [2.45, 2.75) is 25.9 Å². The van der Waals surface area contributed by atoms with Crippen molar-refractivity contribution in [2.24, 2.45) is 0 Å². The number of carbonyl (C=O) groups excluding carboxylic acids is 2. The van der Waals surface area contributed by atoms with Gasteiger partial charge in [-0.3, -0.25) is 9.59 Å². The van der Waals surface area contributed by atoms with Crippen molar-refractivity contribution in [3.63, 3.8) is 0 Å². The van der Waals surface area contributed by atoms with Crippen LogP contribution >= 0.6 is 11.6 Å². The van der Waals surface area contributed by atoms with Crippen LogP contribution in [0.3, 0.4) is 0 Å². The zero-order valence-electron chi connectivity index (χ0n) is 22.4. The van der Waals surface area contributed by atoms with Crippen molar-refractivity contribution in [1.29, 1.82) is 5.41 Å². The molecular formula is C30H33ClN6O3. The monoisotopic (exact) mass is 560 g/mol. The number of benzene rings is 3. The predicted octanol–water partition coefficient (Wildman–Crippen LogP) is 5.38. The van der Waals surface area contributed by atoms with E-state index < -0.39 is 5.91 Å². The number of aliphatic hydroxyl groups is 1. The molecule has 3 aromatic rings. The molecular weight excluding hydrogens is 528 g/mol. The van der Waals surface area contributed by atoms with Crippen molar-refractivity contribution in [3.8, 4) is 0 Å². The van der Waals surface area contributed by atoms with Crippen LogP contribution in [0.25, 0.3) is 0 Å². The van der Waals surface area contributed by atoms with Crippen LogP contribution in [-0.2, 0) is 4.79 Å². The van der Waals surface area contributed by atoms with Crippen molar-refractivity contribution in [2.75, 3.05) is 41.0 Å². The molecule has 0 unspecified atom stereocenters. The first kappa shape index (κ1) is 28.7. The summed E-state index contributed by atoms with van der Waals surface area (Å²) in [5.74, 6) is -0.608. The van der Waals surface area contributed by atoms with Crippen LogP contribution in [-0.4, -0.2) is 48.9 Å². The van der Waals surface area contributed by atoms with Gasteiger partial charge in [0.1, 0.15) is 0 Å². The number of aliphatic hydroxyl groups excluding tert-OH is 1. The second-order valence-corrected chi connectivity index (χ2v) is 9.95. The summed E-state index contributed by atoms with van der Waals surface area (Å²) in [6, 6.07) is 19.9. The fourth-order valence-electron chi connectivity index (χ4n) is 4.32. The Bertz CT molecular complexity index is 1400. The fraction of sp³-hybridized carbons (Fsp3) is 0.233. The summed E-state index contributed by atoms with van der Waals surface area (Å²) in [7, 11) is 1.66. The zero-order valence-corrected chi connectivity index (χ0v) is 23.2. The molecule has 0 atom stereocenters. The summed E-state index contributed by atoms with van der Waals surface area (Å²) in [4.78, 5) is 27.4. The minimum Gasteiger partial charge on any atom is -0.393 e. The molecule has 208 valence electrons. The van der Waals surface area contributed by atoms with Crippen LogP contribution in [0.1, 0.15) is 30.1 Å². The van der Waals surface area contributed by atoms with Gasteiger partial charge in [0.15, 0.2) is 0 Å².